The maximum atomic E-state index is 4.91. The third kappa shape index (κ3) is 3.31. The number of aromatic nitrogens is 1. The third-order valence-electron chi connectivity index (χ3n) is 5.49. The highest BCUT2D eigenvalue weighted by atomic mass is 32.1. The topological polar surface area (TPSA) is 12.9 Å². The third-order valence-corrected chi connectivity index (χ3v) is 8.60. The Morgan fingerprint density at radius 3 is 2.14 bits per heavy atom. The monoisotopic (exact) mass is 409 g/mol. The minimum atomic E-state index is -1.36. The van der Waals surface area contributed by atoms with Crippen LogP contribution in [0, 0.1) is 0 Å². The maximum Gasteiger partial charge on any atom is 0.125 e. The van der Waals surface area contributed by atoms with E-state index in [1.807, 2.05) is 0 Å². The van der Waals surface area contributed by atoms with Crippen LogP contribution in [0.4, 0.5) is 0 Å². The van der Waals surface area contributed by atoms with Gasteiger partial charge in [-0.15, -0.1) is 11.3 Å². The minimum Gasteiger partial charge on any atom is -0.236 e. The molecule has 0 N–H and O–H groups in total. The lowest BCUT2D eigenvalue weighted by atomic mass is 9.95. The van der Waals surface area contributed by atoms with Gasteiger partial charge in [-0.3, -0.25) is 0 Å². The van der Waals surface area contributed by atoms with Crippen molar-refractivity contribution in [3.8, 4) is 21.7 Å². The van der Waals surface area contributed by atoms with Crippen LogP contribution in [-0.2, 0) is 0 Å². The molecule has 1 heterocycles. The molecule has 4 aromatic carbocycles. The van der Waals surface area contributed by atoms with Crippen LogP contribution in [0.5, 0.6) is 0 Å². The molecular formula is C26H23NSSi. The summed E-state index contributed by atoms with van der Waals surface area (Å²) in [6, 6.07) is 30.7. The Hall–Kier alpha value is -2.75. The fourth-order valence-corrected chi connectivity index (χ4v) is 6.07. The number of thiazole rings is 1. The molecule has 0 radical (unpaired) electrons. The molecule has 0 atom stereocenters. The molecule has 0 aliphatic heterocycles. The zero-order valence-electron chi connectivity index (χ0n) is 16.9. The fourth-order valence-electron chi connectivity index (χ4n) is 3.88. The van der Waals surface area contributed by atoms with Crippen LogP contribution in [0.1, 0.15) is 0 Å². The standard InChI is InChI=1S/C26H23NSSi/c1-29(2,3)19-10-8-9-18(17-19)20-15-16-23(22-12-5-4-11-21(20)22)26-27-24-13-6-7-14-25(24)28-26/h4-17H,1-3H3. The van der Waals surface area contributed by atoms with Crippen molar-refractivity contribution in [2.45, 2.75) is 19.6 Å². The molecule has 29 heavy (non-hydrogen) atoms. The van der Waals surface area contributed by atoms with E-state index in [-0.39, 0.29) is 0 Å². The highest BCUT2D eigenvalue weighted by Crippen LogP contribution is 2.38. The molecule has 0 aliphatic rings. The van der Waals surface area contributed by atoms with Gasteiger partial charge < -0.3 is 0 Å². The second-order valence-corrected chi connectivity index (χ2v) is 14.6. The van der Waals surface area contributed by atoms with E-state index in [0.29, 0.717) is 0 Å². The van der Waals surface area contributed by atoms with Gasteiger partial charge in [0.05, 0.1) is 18.3 Å². The van der Waals surface area contributed by atoms with Crippen LogP contribution in [0.25, 0.3) is 42.7 Å². The predicted octanol–water partition coefficient (Wildman–Crippen LogP) is 7.33. The molecule has 3 heteroatoms. The number of fused-ring (bicyclic) bond motifs is 2. The van der Waals surface area contributed by atoms with Crippen molar-refractivity contribution in [2.75, 3.05) is 0 Å². The van der Waals surface area contributed by atoms with Crippen molar-refractivity contribution in [2.24, 2.45) is 0 Å². The first-order valence-electron chi connectivity index (χ1n) is 9.99. The lowest BCUT2D eigenvalue weighted by Gasteiger charge is -2.18. The summed E-state index contributed by atoms with van der Waals surface area (Å²) in [6.45, 7) is 7.21. The summed E-state index contributed by atoms with van der Waals surface area (Å²) in [7, 11) is -1.36. The maximum absolute atomic E-state index is 4.91. The molecule has 5 rings (SSSR count). The summed E-state index contributed by atoms with van der Waals surface area (Å²) in [5.74, 6) is 0. The van der Waals surface area contributed by atoms with Gasteiger partial charge in [-0.2, -0.15) is 0 Å². The number of hydrogen-bond acceptors (Lipinski definition) is 2. The van der Waals surface area contributed by atoms with Crippen LogP contribution in [0.15, 0.2) is 84.9 Å². The molecule has 1 aromatic heterocycles. The Kier molecular flexibility index (Phi) is 4.38. The zero-order valence-corrected chi connectivity index (χ0v) is 18.8. The lowest BCUT2D eigenvalue weighted by Crippen LogP contribution is -2.37. The van der Waals surface area contributed by atoms with Crippen LogP contribution in [-0.4, -0.2) is 13.1 Å². The minimum absolute atomic E-state index is 1.07. The molecule has 0 aliphatic carbocycles. The van der Waals surface area contributed by atoms with E-state index < -0.39 is 8.07 Å². The molecule has 0 bridgehead atoms. The van der Waals surface area contributed by atoms with Crippen LogP contribution in [0.2, 0.25) is 19.6 Å². The predicted molar refractivity (Wildman–Crippen MR) is 131 cm³/mol. The van der Waals surface area contributed by atoms with Gasteiger partial charge in [0.1, 0.15) is 5.01 Å². The van der Waals surface area contributed by atoms with Crippen molar-refractivity contribution >= 4 is 45.6 Å². The van der Waals surface area contributed by atoms with E-state index in [2.05, 4.69) is 105 Å². The SMILES string of the molecule is C[Si](C)(C)c1cccc(-c2ccc(-c3nc4ccccc4s3)c3ccccc23)c1. The smallest absolute Gasteiger partial charge is 0.125 e. The highest BCUT2D eigenvalue weighted by Gasteiger charge is 2.18. The van der Waals surface area contributed by atoms with E-state index in [1.54, 1.807) is 11.3 Å². The first kappa shape index (κ1) is 18.3. The Morgan fingerprint density at radius 2 is 1.38 bits per heavy atom. The van der Waals surface area contributed by atoms with Gasteiger partial charge in [0.25, 0.3) is 0 Å². The van der Waals surface area contributed by atoms with Crippen molar-refractivity contribution in [3.05, 3.63) is 84.9 Å². The molecule has 0 spiro atoms. The van der Waals surface area contributed by atoms with Crippen molar-refractivity contribution < 1.29 is 0 Å². The summed E-state index contributed by atoms with van der Waals surface area (Å²) in [4.78, 5) is 4.91. The fraction of sp³-hybridized carbons (Fsp3) is 0.115. The van der Waals surface area contributed by atoms with Gasteiger partial charge >= 0.3 is 0 Å². The average Bonchev–Trinajstić information content (AvgIpc) is 3.16. The molecule has 0 unspecified atom stereocenters. The first-order chi connectivity index (χ1) is 14.0. The lowest BCUT2D eigenvalue weighted by molar-refractivity contribution is 1.49. The first-order valence-corrected chi connectivity index (χ1v) is 14.3. The number of para-hydroxylation sites is 1. The number of rotatable bonds is 3. The molecule has 0 amide bonds. The molecule has 0 fully saturated rings. The molecular weight excluding hydrogens is 386 g/mol. The Labute approximate surface area is 176 Å². The highest BCUT2D eigenvalue weighted by molar-refractivity contribution is 7.21. The second kappa shape index (κ2) is 6.94. The Balaban J connectivity index is 1.72. The molecule has 0 saturated carbocycles. The van der Waals surface area contributed by atoms with Gasteiger partial charge in [-0.1, -0.05) is 97.6 Å². The van der Waals surface area contributed by atoms with E-state index in [4.69, 9.17) is 4.98 Å². The van der Waals surface area contributed by atoms with Gasteiger partial charge in [0, 0.05) is 5.56 Å². The summed E-state index contributed by atoms with van der Waals surface area (Å²) in [6.07, 6.45) is 0. The number of nitrogens with zero attached hydrogens (tertiary/aromatic N) is 1. The summed E-state index contributed by atoms with van der Waals surface area (Å²) in [5, 5.41) is 5.14. The zero-order chi connectivity index (χ0) is 20.0. The van der Waals surface area contributed by atoms with E-state index in [0.717, 1.165) is 10.5 Å². The quantitative estimate of drug-likeness (QED) is 0.284. The van der Waals surface area contributed by atoms with Crippen LogP contribution < -0.4 is 5.19 Å². The van der Waals surface area contributed by atoms with Crippen LogP contribution >= 0.6 is 11.3 Å². The molecule has 0 saturated heterocycles. The van der Waals surface area contributed by atoms with Gasteiger partial charge in [0.2, 0.25) is 0 Å². The summed E-state index contributed by atoms with van der Waals surface area (Å²) < 4.78 is 1.23. The number of hydrogen-bond donors (Lipinski definition) is 0. The van der Waals surface area contributed by atoms with Gasteiger partial charge in [0.15, 0.2) is 0 Å². The molecule has 142 valence electrons. The summed E-state index contributed by atoms with van der Waals surface area (Å²) in [5.41, 5.74) is 4.89. The second-order valence-electron chi connectivity index (χ2n) is 8.52. The van der Waals surface area contributed by atoms with Gasteiger partial charge in [-0.25, -0.2) is 4.98 Å². The summed E-state index contributed by atoms with van der Waals surface area (Å²) >= 11 is 1.77. The molecule has 1 nitrogen and oxygen atoms in total. The van der Waals surface area contributed by atoms with E-state index >= 15 is 0 Å². The largest absolute Gasteiger partial charge is 0.236 e. The Morgan fingerprint density at radius 1 is 0.690 bits per heavy atom. The van der Waals surface area contributed by atoms with Gasteiger partial charge in [-0.05, 0) is 34.0 Å². The van der Waals surface area contributed by atoms with E-state index in [9.17, 15) is 0 Å². The Bertz CT molecular complexity index is 1310. The molecule has 5 aromatic rings. The van der Waals surface area contributed by atoms with Crippen molar-refractivity contribution in [1.29, 1.82) is 0 Å². The van der Waals surface area contributed by atoms with Crippen molar-refractivity contribution in [3.63, 3.8) is 0 Å². The van der Waals surface area contributed by atoms with E-state index in [1.165, 1.54) is 37.3 Å². The van der Waals surface area contributed by atoms with Crippen LogP contribution in [0.3, 0.4) is 0 Å². The van der Waals surface area contributed by atoms with Crippen molar-refractivity contribution in [1.82, 2.24) is 4.98 Å². The number of benzene rings is 4. The average molecular weight is 410 g/mol. The normalized spacial score (nSPS) is 12.0.